The Labute approximate surface area is 247 Å². The van der Waals surface area contributed by atoms with Gasteiger partial charge >= 0.3 is 17.9 Å². The van der Waals surface area contributed by atoms with Crippen molar-refractivity contribution in [2.24, 2.45) is 0 Å². The Morgan fingerprint density at radius 2 is 1.23 bits per heavy atom. The van der Waals surface area contributed by atoms with Gasteiger partial charge in [-0.15, -0.1) is 0 Å². The first kappa shape index (κ1) is 33.9. The minimum absolute atomic E-state index is 0.0157. The van der Waals surface area contributed by atoms with Crippen LogP contribution in [0.4, 0.5) is 0 Å². The van der Waals surface area contributed by atoms with Gasteiger partial charge in [0.15, 0.2) is 0 Å². The molecule has 3 atom stereocenters. The maximum atomic E-state index is 13.8. The second-order valence-corrected chi connectivity index (χ2v) is 9.63. The summed E-state index contributed by atoms with van der Waals surface area (Å²) in [6.07, 6.45) is -1.94. The quantitative estimate of drug-likeness (QED) is 0.141. The number of nitrogens with zero attached hydrogens (tertiary/aromatic N) is 1. The topological polar surface area (TPSA) is 220 Å². The van der Waals surface area contributed by atoms with E-state index in [4.69, 9.17) is 10.2 Å². The van der Waals surface area contributed by atoms with Gasteiger partial charge in [0.25, 0.3) is 0 Å². The summed E-state index contributed by atoms with van der Waals surface area (Å²) in [5, 5.41) is 34.1. The van der Waals surface area contributed by atoms with Crippen molar-refractivity contribution >= 4 is 41.5 Å². The molecule has 14 nitrogen and oxygen atoms in total. The molecule has 0 saturated heterocycles. The third-order valence-corrected chi connectivity index (χ3v) is 6.30. The van der Waals surface area contributed by atoms with Crippen molar-refractivity contribution in [2.75, 3.05) is 13.6 Å². The molecular weight excluding hydrogens is 564 g/mol. The van der Waals surface area contributed by atoms with Crippen LogP contribution in [0, 0.1) is 0 Å². The van der Waals surface area contributed by atoms with Gasteiger partial charge in [-0.25, -0.2) is 0 Å². The molecule has 0 bridgehead atoms. The van der Waals surface area contributed by atoms with E-state index in [1.807, 2.05) is 0 Å². The van der Waals surface area contributed by atoms with E-state index in [9.17, 15) is 38.7 Å². The molecule has 0 aromatic heterocycles. The highest BCUT2D eigenvalue weighted by Gasteiger charge is 2.34. The van der Waals surface area contributed by atoms with Crippen molar-refractivity contribution in [3.63, 3.8) is 0 Å². The summed E-state index contributed by atoms with van der Waals surface area (Å²) in [7, 11) is 1.32. The molecule has 0 unspecified atom stereocenters. The Bertz CT molecular complexity index is 1300. The van der Waals surface area contributed by atoms with Gasteiger partial charge in [0.1, 0.15) is 24.7 Å². The molecule has 0 saturated carbocycles. The first-order chi connectivity index (χ1) is 20.4. The Hall–Kier alpha value is -5.27. The van der Waals surface area contributed by atoms with Crippen LogP contribution >= 0.6 is 0 Å². The van der Waals surface area contributed by atoms with E-state index in [1.54, 1.807) is 60.7 Å². The molecule has 14 heteroatoms. The molecule has 0 aliphatic carbocycles. The Morgan fingerprint density at radius 3 is 1.74 bits per heavy atom. The van der Waals surface area contributed by atoms with Crippen molar-refractivity contribution in [1.82, 2.24) is 20.9 Å². The molecule has 0 spiro atoms. The highest BCUT2D eigenvalue weighted by atomic mass is 16.4. The first-order valence-corrected chi connectivity index (χ1v) is 13.2. The lowest BCUT2D eigenvalue weighted by Crippen LogP contribution is -2.58. The van der Waals surface area contributed by atoms with Crippen LogP contribution in [0.5, 0.6) is 0 Å². The third kappa shape index (κ3) is 12.0. The number of hydrogen-bond acceptors (Lipinski definition) is 7. The summed E-state index contributed by atoms with van der Waals surface area (Å²) in [4.78, 5) is 86.7. The fourth-order valence-electron chi connectivity index (χ4n) is 4.12. The average Bonchev–Trinajstić information content (AvgIpc) is 2.97. The van der Waals surface area contributed by atoms with Crippen LogP contribution in [0.3, 0.4) is 0 Å². The van der Waals surface area contributed by atoms with Gasteiger partial charge in [-0.3, -0.25) is 33.6 Å². The SMILES string of the molecule is CN(C(=O)[C@H](Cc1ccccc1)NC(=O)[C@H](CC(=O)O)NC(=O)CCC(=O)O)[C@@H](Cc1ccccc1)C(=O)NCC(=O)O. The van der Waals surface area contributed by atoms with Crippen LogP contribution in [-0.4, -0.2) is 93.5 Å². The normalized spacial score (nSPS) is 12.6. The summed E-state index contributed by atoms with van der Waals surface area (Å²) >= 11 is 0. The molecule has 6 N–H and O–H groups in total. The molecule has 0 aliphatic heterocycles. The second-order valence-electron chi connectivity index (χ2n) is 9.63. The van der Waals surface area contributed by atoms with Crippen LogP contribution in [0.25, 0.3) is 0 Å². The van der Waals surface area contributed by atoms with Crippen molar-refractivity contribution in [2.45, 2.75) is 50.2 Å². The van der Waals surface area contributed by atoms with Crippen LogP contribution in [0.2, 0.25) is 0 Å². The number of benzene rings is 2. The third-order valence-electron chi connectivity index (χ3n) is 6.30. The summed E-state index contributed by atoms with van der Waals surface area (Å²) in [6, 6.07) is 13.1. The Balaban J connectivity index is 2.37. The molecule has 43 heavy (non-hydrogen) atoms. The summed E-state index contributed by atoms with van der Waals surface area (Å²) < 4.78 is 0. The fraction of sp³-hybridized carbons (Fsp3) is 0.345. The van der Waals surface area contributed by atoms with Crippen LogP contribution in [0.15, 0.2) is 60.7 Å². The maximum absolute atomic E-state index is 13.8. The molecule has 0 aliphatic rings. The van der Waals surface area contributed by atoms with Gasteiger partial charge in [0.05, 0.1) is 12.8 Å². The largest absolute Gasteiger partial charge is 0.481 e. The van der Waals surface area contributed by atoms with Crippen molar-refractivity contribution in [3.05, 3.63) is 71.8 Å². The number of aliphatic carboxylic acids is 3. The molecule has 0 fully saturated rings. The van der Waals surface area contributed by atoms with E-state index in [-0.39, 0.29) is 12.8 Å². The molecule has 0 radical (unpaired) electrons. The minimum Gasteiger partial charge on any atom is -0.481 e. The zero-order chi connectivity index (χ0) is 31.9. The van der Waals surface area contributed by atoms with Gasteiger partial charge in [-0.2, -0.15) is 0 Å². The number of carboxylic acid groups (broad SMARTS) is 3. The lowest BCUT2D eigenvalue weighted by Gasteiger charge is -2.31. The number of amides is 4. The predicted molar refractivity (Wildman–Crippen MR) is 150 cm³/mol. The molecule has 2 aromatic carbocycles. The molecule has 2 rings (SSSR count). The molecule has 2 aromatic rings. The smallest absolute Gasteiger partial charge is 0.322 e. The number of likely N-dealkylation sites (N-methyl/N-ethyl adjacent to an activating group) is 1. The second kappa shape index (κ2) is 16.9. The van der Waals surface area contributed by atoms with Gasteiger partial charge in [0.2, 0.25) is 23.6 Å². The number of hydrogen-bond donors (Lipinski definition) is 6. The molecule has 230 valence electrons. The molecular formula is C29H34N4O10. The fourth-order valence-corrected chi connectivity index (χ4v) is 4.12. The zero-order valence-corrected chi connectivity index (χ0v) is 23.4. The number of carbonyl (C=O) groups is 7. The van der Waals surface area contributed by atoms with E-state index in [1.165, 1.54) is 7.05 Å². The summed E-state index contributed by atoms with van der Waals surface area (Å²) in [5.74, 6) is -7.35. The Kier molecular flexibility index (Phi) is 13.3. The Morgan fingerprint density at radius 1 is 0.674 bits per heavy atom. The zero-order valence-electron chi connectivity index (χ0n) is 23.4. The summed E-state index contributed by atoms with van der Waals surface area (Å²) in [5.41, 5.74) is 1.29. The lowest BCUT2D eigenvalue weighted by atomic mass is 10.0. The van der Waals surface area contributed by atoms with E-state index in [2.05, 4.69) is 16.0 Å². The maximum Gasteiger partial charge on any atom is 0.322 e. The highest BCUT2D eigenvalue weighted by Crippen LogP contribution is 2.13. The first-order valence-electron chi connectivity index (χ1n) is 13.2. The van der Waals surface area contributed by atoms with Crippen LogP contribution in [-0.2, 0) is 46.4 Å². The number of nitrogens with one attached hydrogen (secondary N) is 3. The van der Waals surface area contributed by atoms with Crippen molar-refractivity contribution < 1.29 is 48.9 Å². The molecule has 0 heterocycles. The van der Waals surface area contributed by atoms with Crippen LogP contribution in [0.1, 0.15) is 30.4 Å². The van der Waals surface area contributed by atoms with Crippen molar-refractivity contribution in [1.29, 1.82) is 0 Å². The van der Waals surface area contributed by atoms with Gasteiger partial charge < -0.3 is 36.2 Å². The van der Waals surface area contributed by atoms with Gasteiger partial charge in [-0.05, 0) is 11.1 Å². The standard InChI is InChI=1S/C29H34N4O10/c1-33(22(28(42)30-17-26(39)40)15-19-10-6-3-7-11-19)29(43)21(14-18-8-4-2-5-9-18)32-27(41)20(16-25(37)38)31-23(34)12-13-24(35)36/h2-11,20-22H,12-17H2,1H3,(H,30,42)(H,31,34)(H,32,41)(H,35,36)(H,37,38)(H,39,40)/t20-,21-,22-/m0/s1. The van der Waals surface area contributed by atoms with E-state index in [0.29, 0.717) is 11.1 Å². The highest BCUT2D eigenvalue weighted by molar-refractivity contribution is 5.96. The van der Waals surface area contributed by atoms with Crippen LogP contribution < -0.4 is 16.0 Å². The summed E-state index contributed by atoms with van der Waals surface area (Å²) in [6.45, 7) is -0.686. The average molecular weight is 599 g/mol. The number of rotatable bonds is 17. The lowest BCUT2D eigenvalue weighted by molar-refractivity contribution is -0.144. The molecule has 4 amide bonds. The number of carbonyl (C=O) groups excluding carboxylic acids is 4. The predicted octanol–water partition coefficient (Wildman–Crippen LogP) is -0.191. The van der Waals surface area contributed by atoms with Gasteiger partial charge in [-0.1, -0.05) is 60.7 Å². The van der Waals surface area contributed by atoms with Gasteiger partial charge in [0, 0.05) is 26.3 Å². The monoisotopic (exact) mass is 598 g/mol. The van der Waals surface area contributed by atoms with E-state index in [0.717, 1.165) is 4.90 Å². The van der Waals surface area contributed by atoms with Crippen molar-refractivity contribution in [3.8, 4) is 0 Å². The minimum atomic E-state index is -1.63. The van der Waals surface area contributed by atoms with E-state index >= 15 is 0 Å². The number of carboxylic acids is 3. The van der Waals surface area contributed by atoms with E-state index < -0.39 is 85.5 Å².